The van der Waals surface area contributed by atoms with Crippen LogP contribution in [0.25, 0.3) is 0 Å². The maximum absolute atomic E-state index is 12.0. The number of nitrogens with one attached hydrogen (secondary N) is 2. The van der Waals surface area contributed by atoms with E-state index < -0.39 is 0 Å². The monoisotopic (exact) mass is 239 g/mol. The highest BCUT2D eigenvalue weighted by molar-refractivity contribution is 7.13. The number of nitrogens with zero attached hydrogens (tertiary/aromatic N) is 1. The number of anilines is 1. The molecule has 0 radical (unpaired) electrons. The van der Waals surface area contributed by atoms with Crippen LogP contribution in [0.3, 0.4) is 0 Å². The zero-order valence-electron chi connectivity index (χ0n) is 8.73. The minimum atomic E-state index is -0.233. The second-order valence-corrected chi connectivity index (χ2v) is 5.65. The molecule has 6 heteroatoms. The van der Waals surface area contributed by atoms with Gasteiger partial charge in [-0.3, -0.25) is 9.59 Å². The molecule has 16 heavy (non-hydrogen) atoms. The standard InChI is InChI=1S/C10H13N3O2S/c14-8(11-9-12-13-10(15)16-9)7-4-5-1-2-6(7)3-5/h5-7H,1-4H2,(H,13,15)(H,11,12,14). The van der Waals surface area contributed by atoms with Crippen molar-refractivity contribution in [2.45, 2.75) is 25.7 Å². The largest absolute Gasteiger partial charge is 0.324 e. The first-order chi connectivity index (χ1) is 7.72. The number of aromatic nitrogens is 2. The molecule has 2 N–H and O–H groups in total. The van der Waals surface area contributed by atoms with Crippen LogP contribution in [0, 0.1) is 17.8 Å². The Balaban J connectivity index is 1.68. The van der Waals surface area contributed by atoms with Crippen LogP contribution < -0.4 is 10.2 Å². The lowest BCUT2D eigenvalue weighted by Crippen LogP contribution is -2.27. The molecule has 0 aromatic carbocycles. The van der Waals surface area contributed by atoms with E-state index in [4.69, 9.17) is 0 Å². The topological polar surface area (TPSA) is 74.8 Å². The summed E-state index contributed by atoms with van der Waals surface area (Å²) in [4.78, 5) is 22.6. The number of fused-ring (bicyclic) bond motifs is 2. The fraction of sp³-hybridized carbons (Fsp3) is 0.700. The van der Waals surface area contributed by atoms with Crippen molar-refractivity contribution in [3.8, 4) is 0 Å². The van der Waals surface area contributed by atoms with Crippen molar-refractivity contribution >= 4 is 22.4 Å². The lowest BCUT2D eigenvalue weighted by Gasteiger charge is -2.19. The van der Waals surface area contributed by atoms with Gasteiger partial charge in [0.05, 0.1) is 0 Å². The van der Waals surface area contributed by atoms with Gasteiger partial charge in [0.15, 0.2) is 0 Å². The molecule has 0 aliphatic heterocycles. The number of aromatic amines is 1. The summed E-state index contributed by atoms with van der Waals surface area (Å²) in [6, 6.07) is 0. The van der Waals surface area contributed by atoms with Crippen molar-refractivity contribution in [2.24, 2.45) is 17.8 Å². The lowest BCUT2D eigenvalue weighted by atomic mass is 9.88. The molecule has 2 aliphatic rings. The quantitative estimate of drug-likeness (QED) is 0.814. The third kappa shape index (κ3) is 1.67. The summed E-state index contributed by atoms with van der Waals surface area (Å²) in [6.45, 7) is 0. The van der Waals surface area contributed by atoms with Crippen LogP contribution in [-0.2, 0) is 4.79 Å². The molecule has 1 amide bonds. The predicted octanol–water partition coefficient (Wildman–Crippen LogP) is 1.21. The number of H-pyrrole nitrogens is 1. The van der Waals surface area contributed by atoms with E-state index in [-0.39, 0.29) is 16.7 Å². The number of hydrogen-bond acceptors (Lipinski definition) is 4. The van der Waals surface area contributed by atoms with Crippen molar-refractivity contribution in [2.75, 3.05) is 5.32 Å². The van der Waals surface area contributed by atoms with E-state index in [0.717, 1.165) is 23.7 Å². The molecule has 1 aromatic rings. The van der Waals surface area contributed by atoms with Gasteiger partial charge in [-0.05, 0) is 42.4 Å². The van der Waals surface area contributed by atoms with E-state index in [1.165, 1.54) is 19.3 Å². The van der Waals surface area contributed by atoms with E-state index in [2.05, 4.69) is 15.5 Å². The number of rotatable bonds is 2. The van der Waals surface area contributed by atoms with E-state index in [0.29, 0.717) is 11.0 Å². The summed E-state index contributed by atoms with van der Waals surface area (Å²) < 4.78 is 0. The molecule has 5 nitrogen and oxygen atoms in total. The van der Waals surface area contributed by atoms with Crippen LogP contribution in [0.1, 0.15) is 25.7 Å². The second kappa shape index (κ2) is 3.69. The molecule has 2 saturated carbocycles. The zero-order chi connectivity index (χ0) is 11.1. The molecule has 3 rings (SSSR count). The molecule has 3 atom stereocenters. The van der Waals surface area contributed by atoms with E-state index >= 15 is 0 Å². The van der Waals surface area contributed by atoms with Gasteiger partial charge in [-0.25, -0.2) is 5.10 Å². The SMILES string of the molecule is O=C(Nc1n[nH]c(=O)s1)C1CC2CCC1C2. The Bertz CT molecular complexity index is 467. The summed E-state index contributed by atoms with van der Waals surface area (Å²) in [7, 11) is 0. The van der Waals surface area contributed by atoms with Gasteiger partial charge in [-0.15, -0.1) is 5.10 Å². The molecule has 0 spiro atoms. The maximum atomic E-state index is 12.0. The molecule has 1 aromatic heterocycles. The Morgan fingerprint density at radius 1 is 1.44 bits per heavy atom. The Hall–Kier alpha value is -1.17. The first kappa shape index (κ1) is 10.0. The average molecular weight is 239 g/mol. The number of carbonyl (C=O) groups excluding carboxylic acids is 1. The number of carbonyl (C=O) groups is 1. The van der Waals surface area contributed by atoms with Crippen LogP contribution in [0.5, 0.6) is 0 Å². The van der Waals surface area contributed by atoms with Crippen LogP contribution in [0.2, 0.25) is 0 Å². The normalized spacial score (nSPS) is 31.9. The highest BCUT2D eigenvalue weighted by Gasteiger charge is 2.43. The van der Waals surface area contributed by atoms with Crippen LogP contribution in [0.15, 0.2) is 4.79 Å². The maximum Gasteiger partial charge on any atom is 0.324 e. The molecule has 86 valence electrons. The van der Waals surface area contributed by atoms with Gasteiger partial charge in [0.2, 0.25) is 11.0 Å². The summed E-state index contributed by atoms with van der Waals surface area (Å²) >= 11 is 0.941. The molecular weight excluding hydrogens is 226 g/mol. The molecule has 0 saturated heterocycles. The third-order valence-electron chi connectivity index (χ3n) is 3.74. The minimum Gasteiger partial charge on any atom is -0.300 e. The van der Waals surface area contributed by atoms with Crippen molar-refractivity contribution in [3.63, 3.8) is 0 Å². The first-order valence-electron chi connectivity index (χ1n) is 5.59. The Morgan fingerprint density at radius 3 is 2.88 bits per heavy atom. The highest BCUT2D eigenvalue weighted by Crippen LogP contribution is 2.48. The van der Waals surface area contributed by atoms with Gasteiger partial charge in [0, 0.05) is 5.92 Å². The minimum absolute atomic E-state index is 0.0370. The third-order valence-corrected chi connectivity index (χ3v) is 4.41. The predicted molar refractivity (Wildman–Crippen MR) is 60.3 cm³/mol. The fourth-order valence-electron chi connectivity index (χ4n) is 3.05. The van der Waals surface area contributed by atoms with Gasteiger partial charge < -0.3 is 5.32 Å². The molecule has 2 bridgehead atoms. The van der Waals surface area contributed by atoms with Crippen molar-refractivity contribution in [1.82, 2.24) is 10.2 Å². The van der Waals surface area contributed by atoms with Gasteiger partial charge in [-0.2, -0.15) is 0 Å². The number of amides is 1. The van der Waals surface area contributed by atoms with Crippen LogP contribution in [0.4, 0.5) is 5.13 Å². The molecule has 2 fully saturated rings. The summed E-state index contributed by atoms with van der Waals surface area (Å²) in [5.41, 5.74) is 0. The van der Waals surface area contributed by atoms with Gasteiger partial charge in [-0.1, -0.05) is 6.42 Å². The Morgan fingerprint density at radius 2 is 2.31 bits per heavy atom. The summed E-state index contributed by atoms with van der Waals surface area (Å²) in [5, 5.41) is 9.15. The van der Waals surface area contributed by atoms with Gasteiger partial charge in [0.25, 0.3) is 0 Å². The Kier molecular flexibility index (Phi) is 2.31. The van der Waals surface area contributed by atoms with Crippen molar-refractivity contribution in [3.05, 3.63) is 9.67 Å². The van der Waals surface area contributed by atoms with Crippen molar-refractivity contribution in [1.29, 1.82) is 0 Å². The zero-order valence-corrected chi connectivity index (χ0v) is 9.55. The molecule has 2 aliphatic carbocycles. The molecular formula is C10H13N3O2S. The Labute approximate surface area is 96.3 Å². The molecule has 1 heterocycles. The lowest BCUT2D eigenvalue weighted by molar-refractivity contribution is -0.121. The second-order valence-electron chi connectivity index (χ2n) is 4.69. The van der Waals surface area contributed by atoms with E-state index in [1.54, 1.807) is 0 Å². The fourth-order valence-corrected chi connectivity index (χ4v) is 3.56. The van der Waals surface area contributed by atoms with Gasteiger partial charge >= 0.3 is 4.87 Å². The van der Waals surface area contributed by atoms with E-state index in [9.17, 15) is 9.59 Å². The summed E-state index contributed by atoms with van der Waals surface area (Å²) in [5.74, 6) is 1.48. The van der Waals surface area contributed by atoms with E-state index in [1.807, 2.05) is 0 Å². The highest BCUT2D eigenvalue weighted by atomic mass is 32.1. The summed E-state index contributed by atoms with van der Waals surface area (Å²) in [6.07, 6.45) is 4.68. The average Bonchev–Trinajstić information content (AvgIpc) is 2.93. The first-order valence-corrected chi connectivity index (χ1v) is 6.40. The van der Waals surface area contributed by atoms with Crippen molar-refractivity contribution < 1.29 is 4.79 Å². The molecule has 3 unspecified atom stereocenters. The number of hydrogen-bond donors (Lipinski definition) is 2. The van der Waals surface area contributed by atoms with Gasteiger partial charge in [0.1, 0.15) is 0 Å². The van der Waals surface area contributed by atoms with Crippen LogP contribution >= 0.6 is 11.3 Å². The smallest absolute Gasteiger partial charge is 0.300 e. The van der Waals surface area contributed by atoms with Crippen LogP contribution in [-0.4, -0.2) is 16.1 Å².